The zero-order valence-corrected chi connectivity index (χ0v) is 13.7. The van der Waals surface area contributed by atoms with Crippen LogP contribution in [0.5, 0.6) is 0 Å². The summed E-state index contributed by atoms with van der Waals surface area (Å²) in [6.07, 6.45) is 3.42. The Hall–Kier alpha value is -2.25. The number of carbonyl (C=O) groups excluding carboxylic acids is 2. The first kappa shape index (κ1) is 18.8. The number of aldehydes is 1. The minimum atomic E-state index is -0.684. The Morgan fingerprint density at radius 1 is 1.30 bits per heavy atom. The molecule has 23 heavy (non-hydrogen) atoms. The van der Waals surface area contributed by atoms with E-state index in [9.17, 15) is 9.59 Å². The fraction of sp³-hybridized carbons (Fsp3) is 0.250. The van der Waals surface area contributed by atoms with Crippen LogP contribution in [0.15, 0.2) is 47.8 Å². The van der Waals surface area contributed by atoms with E-state index in [4.69, 9.17) is 11.5 Å². The van der Waals surface area contributed by atoms with Crippen molar-refractivity contribution in [1.82, 2.24) is 9.97 Å². The molecule has 2 rings (SSSR count). The Morgan fingerprint density at radius 2 is 2.00 bits per heavy atom. The normalized spacial score (nSPS) is 11.0. The number of benzene rings is 1. The molecule has 122 valence electrons. The molecule has 0 aliphatic carbocycles. The summed E-state index contributed by atoms with van der Waals surface area (Å²) in [5, 5.41) is 0.682. The van der Waals surface area contributed by atoms with Crippen LogP contribution in [0.3, 0.4) is 0 Å². The lowest BCUT2D eigenvalue weighted by molar-refractivity contribution is -0.119. The Morgan fingerprint density at radius 3 is 2.57 bits per heavy atom. The minimum Gasteiger partial charge on any atom is -0.368 e. The summed E-state index contributed by atoms with van der Waals surface area (Å²) < 4.78 is 0. The van der Waals surface area contributed by atoms with Crippen molar-refractivity contribution in [3.8, 4) is 0 Å². The number of amides is 1. The summed E-state index contributed by atoms with van der Waals surface area (Å²) in [5.41, 5.74) is 11.7. The minimum absolute atomic E-state index is 0.448. The van der Waals surface area contributed by atoms with Crippen molar-refractivity contribution in [1.29, 1.82) is 0 Å². The van der Waals surface area contributed by atoms with Gasteiger partial charge in [-0.25, -0.2) is 9.97 Å². The summed E-state index contributed by atoms with van der Waals surface area (Å²) in [7, 11) is 0. The van der Waals surface area contributed by atoms with E-state index in [1.165, 1.54) is 0 Å². The number of carbonyl (C=O) groups is 2. The highest BCUT2D eigenvalue weighted by molar-refractivity contribution is 7.99. The van der Waals surface area contributed by atoms with Gasteiger partial charge in [0.05, 0.1) is 0 Å². The predicted octanol–water partition coefficient (Wildman–Crippen LogP) is 1.96. The van der Waals surface area contributed by atoms with Gasteiger partial charge >= 0.3 is 0 Å². The second-order valence-corrected chi connectivity index (χ2v) is 5.58. The van der Waals surface area contributed by atoms with Gasteiger partial charge in [-0.2, -0.15) is 0 Å². The molecule has 0 unspecified atom stereocenters. The lowest BCUT2D eigenvalue weighted by Crippen LogP contribution is -2.27. The molecular formula is C16H20N4O2S. The van der Waals surface area contributed by atoms with Crippen LogP contribution in [0.4, 0.5) is 0 Å². The lowest BCUT2D eigenvalue weighted by Gasteiger charge is -2.05. The molecule has 1 aromatic heterocycles. The Labute approximate surface area is 139 Å². The van der Waals surface area contributed by atoms with E-state index in [1.54, 1.807) is 36.2 Å². The Bertz CT molecular complexity index is 622. The van der Waals surface area contributed by atoms with E-state index in [1.807, 2.05) is 18.2 Å². The van der Waals surface area contributed by atoms with Gasteiger partial charge in [-0.3, -0.25) is 9.59 Å². The largest absolute Gasteiger partial charge is 0.368 e. The smallest absolute Gasteiger partial charge is 0.238 e. The maximum Gasteiger partial charge on any atom is 0.238 e. The van der Waals surface area contributed by atoms with E-state index < -0.39 is 11.9 Å². The van der Waals surface area contributed by atoms with Crippen molar-refractivity contribution in [2.75, 3.05) is 5.75 Å². The average Bonchev–Trinajstić information content (AvgIpc) is 2.60. The molecule has 0 saturated heterocycles. The number of aromatic nitrogens is 2. The average molecular weight is 332 g/mol. The molecule has 7 heteroatoms. The van der Waals surface area contributed by atoms with Crippen LogP contribution in [-0.4, -0.2) is 27.9 Å². The first-order chi connectivity index (χ1) is 11.1. The fourth-order valence-electron chi connectivity index (χ4n) is 1.51. The topological polar surface area (TPSA) is 112 Å². The molecule has 2 aromatic rings. The van der Waals surface area contributed by atoms with Gasteiger partial charge in [0.15, 0.2) is 11.4 Å². The Balaban J connectivity index is 0.000000231. The molecule has 0 spiro atoms. The number of hydrogen-bond donors (Lipinski definition) is 2. The molecule has 6 nitrogen and oxygen atoms in total. The molecule has 0 saturated carbocycles. The molecule has 0 fully saturated rings. The van der Waals surface area contributed by atoms with E-state index in [0.717, 1.165) is 24.0 Å². The van der Waals surface area contributed by atoms with Crippen molar-refractivity contribution < 1.29 is 9.59 Å². The monoisotopic (exact) mass is 332 g/mol. The molecule has 0 radical (unpaired) electrons. The highest BCUT2D eigenvalue weighted by Crippen LogP contribution is 2.12. The molecule has 1 amide bonds. The molecule has 0 aliphatic rings. The summed E-state index contributed by atoms with van der Waals surface area (Å²) in [4.78, 5) is 29.0. The number of primary amides is 1. The van der Waals surface area contributed by atoms with Crippen LogP contribution in [0.25, 0.3) is 0 Å². The first-order valence-corrected chi connectivity index (χ1v) is 8.08. The fourth-order valence-corrected chi connectivity index (χ4v) is 2.20. The van der Waals surface area contributed by atoms with Gasteiger partial charge in [-0.1, -0.05) is 49.0 Å². The second kappa shape index (κ2) is 10.5. The zero-order chi connectivity index (χ0) is 17.1. The zero-order valence-electron chi connectivity index (χ0n) is 12.9. The van der Waals surface area contributed by atoms with Crippen LogP contribution in [0.2, 0.25) is 0 Å². The Kier molecular flexibility index (Phi) is 8.56. The maximum absolute atomic E-state index is 10.6. The molecule has 1 atom stereocenters. The van der Waals surface area contributed by atoms with Gasteiger partial charge in [0.2, 0.25) is 5.91 Å². The van der Waals surface area contributed by atoms with Crippen LogP contribution >= 0.6 is 11.8 Å². The van der Waals surface area contributed by atoms with Crippen LogP contribution in [0, 0.1) is 0 Å². The third-order valence-corrected chi connectivity index (χ3v) is 3.74. The summed E-state index contributed by atoms with van der Waals surface area (Å²) in [6.45, 7) is 2.09. The van der Waals surface area contributed by atoms with Crippen LogP contribution in [-0.2, 0) is 4.79 Å². The SMILES string of the molecule is CCCSc1nccc(C=O)n1.NC(=O)[C@@H](N)c1ccccc1. The van der Waals surface area contributed by atoms with Crippen molar-refractivity contribution in [3.05, 3.63) is 53.9 Å². The third kappa shape index (κ3) is 7.03. The molecule has 4 N–H and O–H groups in total. The van der Waals surface area contributed by atoms with Gasteiger partial charge in [0.25, 0.3) is 0 Å². The summed E-state index contributed by atoms with van der Waals surface area (Å²) in [6, 6.07) is 9.96. The summed E-state index contributed by atoms with van der Waals surface area (Å²) >= 11 is 1.57. The predicted molar refractivity (Wildman–Crippen MR) is 91.0 cm³/mol. The highest BCUT2D eigenvalue weighted by Gasteiger charge is 2.09. The van der Waals surface area contributed by atoms with Gasteiger partial charge in [-0.05, 0) is 18.1 Å². The maximum atomic E-state index is 10.6. The van der Waals surface area contributed by atoms with E-state index in [2.05, 4.69) is 16.9 Å². The number of thioether (sulfide) groups is 1. The molecule has 0 aliphatic heterocycles. The molecule has 0 bridgehead atoms. The van der Waals surface area contributed by atoms with Gasteiger partial charge in [0.1, 0.15) is 11.7 Å². The quantitative estimate of drug-likeness (QED) is 0.475. The van der Waals surface area contributed by atoms with Crippen molar-refractivity contribution >= 4 is 24.0 Å². The molecule has 1 heterocycles. The third-order valence-electron chi connectivity index (χ3n) is 2.68. The van der Waals surface area contributed by atoms with Crippen molar-refractivity contribution in [3.63, 3.8) is 0 Å². The van der Waals surface area contributed by atoms with Crippen LogP contribution in [0.1, 0.15) is 35.4 Å². The van der Waals surface area contributed by atoms with Gasteiger partial charge < -0.3 is 11.5 Å². The van der Waals surface area contributed by atoms with E-state index >= 15 is 0 Å². The molecule has 1 aromatic carbocycles. The standard InChI is InChI=1S/C8H10N2OS.C8H10N2O/c1-2-5-12-8-9-4-3-7(6-11)10-8;9-7(8(10)11)6-4-2-1-3-5-6/h3-4,6H,2,5H2,1H3;1-5,7H,9H2,(H2,10,11)/t;7-/m.0/s1. The first-order valence-electron chi connectivity index (χ1n) is 7.09. The van der Waals surface area contributed by atoms with Crippen molar-refractivity contribution in [2.45, 2.75) is 24.5 Å². The van der Waals surface area contributed by atoms with E-state index in [-0.39, 0.29) is 0 Å². The van der Waals surface area contributed by atoms with Gasteiger partial charge in [-0.15, -0.1) is 0 Å². The molecular weight excluding hydrogens is 312 g/mol. The van der Waals surface area contributed by atoms with Crippen LogP contribution < -0.4 is 11.5 Å². The van der Waals surface area contributed by atoms with E-state index in [0.29, 0.717) is 10.9 Å². The second-order valence-electron chi connectivity index (χ2n) is 4.52. The number of rotatable bonds is 6. The van der Waals surface area contributed by atoms with Gasteiger partial charge in [0, 0.05) is 11.9 Å². The van der Waals surface area contributed by atoms with Crippen molar-refractivity contribution in [2.24, 2.45) is 11.5 Å². The lowest BCUT2D eigenvalue weighted by atomic mass is 10.1. The highest BCUT2D eigenvalue weighted by atomic mass is 32.2. The number of nitrogens with zero attached hydrogens (tertiary/aromatic N) is 2. The number of nitrogens with two attached hydrogens (primary N) is 2. The number of hydrogen-bond acceptors (Lipinski definition) is 6. The summed E-state index contributed by atoms with van der Waals surface area (Å²) in [5.74, 6) is 0.485.